The van der Waals surface area contributed by atoms with Crippen molar-refractivity contribution in [2.45, 2.75) is 37.6 Å². The Morgan fingerprint density at radius 2 is 1.70 bits per heavy atom. The van der Waals surface area contributed by atoms with E-state index in [2.05, 4.69) is 41.4 Å². The first-order valence-corrected chi connectivity index (χ1v) is 13.1. The Labute approximate surface area is 196 Å². The second-order valence-electron chi connectivity index (χ2n) is 9.02. The average Bonchev–Trinajstić information content (AvgIpc) is 2.84. The molecule has 0 unspecified atom stereocenters. The Morgan fingerprint density at radius 3 is 2.33 bits per heavy atom. The number of rotatable bonds is 6. The van der Waals surface area contributed by atoms with Gasteiger partial charge in [-0.1, -0.05) is 19.1 Å². The molecule has 2 heterocycles. The van der Waals surface area contributed by atoms with Gasteiger partial charge in [0.2, 0.25) is 10.0 Å². The van der Waals surface area contributed by atoms with Crippen molar-refractivity contribution in [3.63, 3.8) is 0 Å². The van der Waals surface area contributed by atoms with Gasteiger partial charge in [0.25, 0.3) is 5.91 Å². The number of anilines is 1. The highest BCUT2D eigenvalue weighted by atomic mass is 32.2. The Balaban J connectivity index is 1.37. The molecule has 33 heavy (non-hydrogen) atoms. The molecule has 2 aromatic rings. The fourth-order valence-corrected chi connectivity index (χ4v) is 5.88. The highest BCUT2D eigenvalue weighted by molar-refractivity contribution is 7.89. The van der Waals surface area contributed by atoms with Gasteiger partial charge in [0, 0.05) is 37.4 Å². The van der Waals surface area contributed by atoms with Crippen LogP contribution in [0.3, 0.4) is 0 Å². The van der Waals surface area contributed by atoms with Crippen molar-refractivity contribution >= 4 is 21.6 Å². The van der Waals surface area contributed by atoms with Crippen LogP contribution in [0.1, 0.15) is 48.7 Å². The molecule has 0 aromatic heterocycles. The van der Waals surface area contributed by atoms with Gasteiger partial charge in [-0.15, -0.1) is 0 Å². The summed E-state index contributed by atoms with van der Waals surface area (Å²) in [6.45, 7) is 7.91. The summed E-state index contributed by atoms with van der Waals surface area (Å²) >= 11 is 0. The van der Waals surface area contributed by atoms with Crippen molar-refractivity contribution in [1.82, 2.24) is 9.62 Å². The van der Waals surface area contributed by atoms with Gasteiger partial charge < -0.3 is 15.0 Å². The van der Waals surface area contributed by atoms with Crippen LogP contribution in [0.4, 0.5) is 5.69 Å². The van der Waals surface area contributed by atoms with Crippen molar-refractivity contribution < 1.29 is 17.9 Å². The highest BCUT2D eigenvalue weighted by Gasteiger charge is 2.26. The maximum Gasteiger partial charge on any atom is 0.251 e. The van der Waals surface area contributed by atoms with Crippen LogP contribution in [0.15, 0.2) is 53.4 Å². The monoisotopic (exact) mass is 471 g/mol. The zero-order valence-electron chi connectivity index (χ0n) is 19.4. The quantitative estimate of drug-likeness (QED) is 0.698. The van der Waals surface area contributed by atoms with E-state index in [0.29, 0.717) is 37.8 Å². The predicted octanol–water partition coefficient (Wildman–Crippen LogP) is 3.43. The largest absolute Gasteiger partial charge is 0.379 e. The van der Waals surface area contributed by atoms with E-state index in [0.717, 1.165) is 18.7 Å². The zero-order valence-corrected chi connectivity index (χ0v) is 20.2. The molecular weight excluding hydrogens is 438 g/mol. The summed E-state index contributed by atoms with van der Waals surface area (Å²) in [6, 6.07) is 14.4. The smallest absolute Gasteiger partial charge is 0.251 e. The number of carbonyl (C=O) groups is 1. The van der Waals surface area contributed by atoms with Crippen LogP contribution in [-0.4, -0.2) is 58.0 Å². The molecule has 2 atom stereocenters. The van der Waals surface area contributed by atoms with E-state index in [1.807, 2.05) is 6.92 Å². The molecule has 8 heteroatoms. The van der Waals surface area contributed by atoms with Gasteiger partial charge in [-0.05, 0) is 67.6 Å². The summed E-state index contributed by atoms with van der Waals surface area (Å²) in [5.41, 5.74) is 2.69. The SMILES string of the molecule is C[C@H]1CCCN(c2ccc([C@@H](C)NC(=O)c3ccc(S(=O)(=O)N4CCOCC4)cc3)cc2)C1. The lowest BCUT2D eigenvalue weighted by atomic mass is 9.99. The van der Waals surface area contributed by atoms with E-state index >= 15 is 0 Å². The average molecular weight is 472 g/mol. The minimum absolute atomic E-state index is 0.163. The summed E-state index contributed by atoms with van der Waals surface area (Å²) in [6.07, 6.45) is 2.51. The molecule has 2 aliphatic rings. The van der Waals surface area contributed by atoms with Crippen LogP contribution in [-0.2, 0) is 14.8 Å². The fraction of sp³-hybridized carbons (Fsp3) is 0.480. The van der Waals surface area contributed by atoms with Crippen molar-refractivity contribution in [2.24, 2.45) is 5.92 Å². The molecule has 4 rings (SSSR count). The maximum atomic E-state index is 12.8. The second-order valence-corrected chi connectivity index (χ2v) is 11.0. The third kappa shape index (κ3) is 5.57. The highest BCUT2D eigenvalue weighted by Crippen LogP contribution is 2.25. The first-order valence-electron chi connectivity index (χ1n) is 11.7. The van der Waals surface area contributed by atoms with E-state index in [4.69, 9.17) is 4.74 Å². The van der Waals surface area contributed by atoms with Gasteiger partial charge in [-0.25, -0.2) is 8.42 Å². The van der Waals surface area contributed by atoms with Crippen LogP contribution < -0.4 is 10.2 Å². The zero-order chi connectivity index (χ0) is 23.4. The summed E-state index contributed by atoms with van der Waals surface area (Å²) in [5, 5.41) is 3.01. The third-order valence-electron chi connectivity index (χ3n) is 6.49. The Kier molecular flexibility index (Phi) is 7.36. The van der Waals surface area contributed by atoms with Gasteiger partial charge in [-0.3, -0.25) is 4.79 Å². The number of hydrogen-bond acceptors (Lipinski definition) is 5. The van der Waals surface area contributed by atoms with E-state index in [-0.39, 0.29) is 16.8 Å². The van der Waals surface area contributed by atoms with Crippen molar-refractivity contribution in [1.29, 1.82) is 0 Å². The van der Waals surface area contributed by atoms with Gasteiger partial charge in [-0.2, -0.15) is 4.31 Å². The number of carbonyl (C=O) groups excluding carboxylic acids is 1. The van der Waals surface area contributed by atoms with Gasteiger partial charge in [0.05, 0.1) is 24.2 Å². The molecule has 2 saturated heterocycles. The van der Waals surface area contributed by atoms with E-state index in [9.17, 15) is 13.2 Å². The topological polar surface area (TPSA) is 79.0 Å². The molecular formula is C25H33N3O4S. The molecule has 7 nitrogen and oxygen atoms in total. The summed E-state index contributed by atoms with van der Waals surface area (Å²) < 4.78 is 32.2. The number of hydrogen-bond donors (Lipinski definition) is 1. The van der Waals surface area contributed by atoms with Crippen LogP contribution in [0.2, 0.25) is 0 Å². The summed E-state index contributed by atoms with van der Waals surface area (Å²) in [7, 11) is -3.57. The number of piperidine rings is 1. The van der Waals surface area contributed by atoms with Crippen LogP contribution >= 0.6 is 0 Å². The molecule has 178 valence electrons. The number of nitrogens with one attached hydrogen (secondary N) is 1. The molecule has 2 aliphatic heterocycles. The lowest BCUT2D eigenvalue weighted by molar-refractivity contribution is 0.0730. The number of ether oxygens (including phenoxy) is 1. The number of sulfonamides is 1. The minimum atomic E-state index is -3.57. The maximum absolute atomic E-state index is 12.8. The molecule has 0 saturated carbocycles. The first-order chi connectivity index (χ1) is 15.8. The lowest BCUT2D eigenvalue weighted by Crippen LogP contribution is -2.40. The molecule has 2 aromatic carbocycles. The normalized spacial score (nSPS) is 20.9. The standard InChI is InChI=1S/C25H33N3O4S/c1-19-4-3-13-27(18-19)23-9-5-21(6-10-23)20(2)26-25(29)22-7-11-24(12-8-22)33(30,31)28-14-16-32-17-15-28/h5-12,19-20H,3-4,13-18H2,1-2H3,(H,26,29)/t19-,20+/m0/s1. The van der Waals surface area contributed by atoms with Crippen LogP contribution in [0, 0.1) is 5.92 Å². The molecule has 1 N–H and O–H groups in total. The van der Waals surface area contributed by atoms with E-state index in [1.165, 1.54) is 35.0 Å². The molecule has 0 aliphatic carbocycles. The van der Waals surface area contributed by atoms with Gasteiger partial charge in [0.15, 0.2) is 0 Å². The van der Waals surface area contributed by atoms with Crippen molar-refractivity contribution in [3.05, 3.63) is 59.7 Å². The first kappa shape index (κ1) is 23.7. The van der Waals surface area contributed by atoms with Crippen molar-refractivity contribution in [3.8, 4) is 0 Å². The Morgan fingerprint density at radius 1 is 1.03 bits per heavy atom. The Bertz CT molecular complexity index is 1050. The molecule has 0 spiro atoms. The third-order valence-corrected chi connectivity index (χ3v) is 8.40. The van der Waals surface area contributed by atoms with E-state index in [1.54, 1.807) is 12.1 Å². The molecule has 2 fully saturated rings. The van der Waals surface area contributed by atoms with Crippen LogP contribution in [0.5, 0.6) is 0 Å². The van der Waals surface area contributed by atoms with Gasteiger partial charge in [0.1, 0.15) is 0 Å². The number of morpholine rings is 1. The molecule has 0 bridgehead atoms. The molecule has 0 radical (unpaired) electrons. The van der Waals surface area contributed by atoms with Crippen LogP contribution in [0.25, 0.3) is 0 Å². The summed E-state index contributed by atoms with van der Waals surface area (Å²) in [5.74, 6) is 0.485. The second kappa shape index (κ2) is 10.2. The summed E-state index contributed by atoms with van der Waals surface area (Å²) in [4.78, 5) is 15.4. The van der Waals surface area contributed by atoms with Crippen molar-refractivity contribution in [2.75, 3.05) is 44.3 Å². The minimum Gasteiger partial charge on any atom is -0.379 e. The lowest BCUT2D eigenvalue weighted by Gasteiger charge is -2.33. The predicted molar refractivity (Wildman–Crippen MR) is 129 cm³/mol. The van der Waals surface area contributed by atoms with E-state index < -0.39 is 10.0 Å². The fourth-order valence-electron chi connectivity index (χ4n) is 4.48. The number of amides is 1. The number of benzene rings is 2. The number of nitrogens with zero attached hydrogens (tertiary/aromatic N) is 2. The van der Waals surface area contributed by atoms with Gasteiger partial charge >= 0.3 is 0 Å². The Hall–Kier alpha value is -2.42. The molecule has 1 amide bonds.